The molecule has 0 amide bonds. The van der Waals surface area contributed by atoms with Crippen molar-refractivity contribution >= 4 is 0 Å². The van der Waals surface area contributed by atoms with E-state index in [2.05, 4.69) is 27.7 Å². The molecular weight excluding hydrogens is 262 g/mol. The van der Waals surface area contributed by atoms with Gasteiger partial charge in [-0.3, -0.25) is 0 Å². The second kappa shape index (κ2) is 10.6. The standard InChI is InChI=1S/C11H25NO.C7H8O/c1-10(2)6-9-13-11(3,4)7-5-8-12;1-6-2-4-7(8)5-3-6/h10H,5-9,12H2,1-4H3;2-5,8H,1H3. The lowest BCUT2D eigenvalue weighted by atomic mass is 10.0. The molecule has 3 nitrogen and oxygen atoms in total. The lowest BCUT2D eigenvalue weighted by molar-refractivity contribution is -0.0284. The molecule has 1 rings (SSSR count). The minimum Gasteiger partial charge on any atom is -0.508 e. The molecular formula is C18H33NO2. The third-order valence-corrected chi connectivity index (χ3v) is 3.20. The van der Waals surface area contributed by atoms with E-state index in [0.29, 0.717) is 5.75 Å². The third kappa shape index (κ3) is 12.4. The predicted molar refractivity (Wildman–Crippen MR) is 90.6 cm³/mol. The Morgan fingerprint density at radius 2 is 1.76 bits per heavy atom. The molecule has 3 N–H and O–H groups in total. The molecule has 0 spiro atoms. The lowest BCUT2D eigenvalue weighted by Gasteiger charge is -2.25. The van der Waals surface area contributed by atoms with Gasteiger partial charge in [0.05, 0.1) is 5.60 Å². The molecule has 0 bridgehead atoms. The number of phenols is 1. The molecule has 3 heteroatoms. The Morgan fingerprint density at radius 3 is 2.19 bits per heavy atom. The Labute approximate surface area is 130 Å². The van der Waals surface area contributed by atoms with Gasteiger partial charge in [0.2, 0.25) is 0 Å². The highest BCUT2D eigenvalue weighted by Gasteiger charge is 2.17. The van der Waals surface area contributed by atoms with E-state index in [1.807, 2.05) is 19.1 Å². The molecule has 0 saturated heterocycles. The molecule has 0 atom stereocenters. The molecule has 21 heavy (non-hydrogen) atoms. The average Bonchev–Trinajstić information content (AvgIpc) is 2.40. The van der Waals surface area contributed by atoms with Gasteiger partial charge in [-0.2, -0.15) is 0 Å². The normalized spacial score (nSPS) is 11.2. The zero-order valence-corrected chi connectivity index (χ0v) is 14.4. The third-order valence-electron chi connectivity index (χ3n) is 3.20. The van der Waals surface area contributed by atoms with Crippen molar-refractivity contribution < 1.29 is 9.84 Å². The largest absolute Gasteiger partial charge is 0.508 e. The monoisotopic (exact) mass is 295 g/mol. The number of phenolic OH excluding ortho intramolecular Hbond substituents is 1. The predicted octanol–water partition coefficient (Wildman–Crippen LogP) is 4.27. The summed E-state index contributed by atoms with van der Waals surface area (Å²) >= 11 is 0. The van der Waals surface area contributed by atoms with Gasteiger partial charge >= 0.3 is 0 Å². The quantitative estimate of drug-likeness (QED) is 0.790. The van der Waals surface area contributed by atoms with Gasteiger partial charge in [0.1, 0.15) is 5.75 Å². The zero-order valence-electron chi connectivity index (χ0n) is 14.4. The molecule has 0 heterocycles. The van der Waals surface area contributed by atoms with Crippen LogP contribution in [0.1, 0.15) is 52.5 Å². The van der Waals surface area contributed by atoms with Crippen LogP contribution in [-0.2, 0) is 4.74 Å². The maximum Gasteiger partial charge on any atom is 0.115 e. The van der Waals surface area contributed by atoms with E-state index in [0.717, 1.165) is 38.3 Å². The van der Waals surface area contributed by atoms with Gasteiger partial charge in [-0.25, -0.2) is 0 Å². The van der Waals surface area contributed by atoms with Crippen molar-refractivity contribution in [3.63, 3.8) is 0 Å². The van der Waals surface area contributed by atoms with Gasteiger partial charge in [-0.05, 0) is 64.6 Å². The van der Waals surface area contributed by atoms with Crippen LogP contribution >= 0.6 is 0 Å². The van der Waals surface area contributed by atoms with E-state index in [9.17, 15) is 0 Å². The molecule has 0 saturated carbocycles. The number of ether oxygens (including phenoxy) is 1. The van der Waals surface area contributed by atoms with Gasteiger partial charge in [0, 0.05) is 6.61 Å². The summed E-state index contributed by atoms with van der Waals surface area (Å²) in [6.45, 7) is 12.3. The van der Waals surface area contributed by atoms with Crippen LogP contribution in [0.25, 0.3) is 0 Å². The minimum absolute atomic E-state index is 0.00819. The first kappa shape index (κ1) is 19.9. The second-order valence-electron chi connectivity index (χ2n) is 6.52. The van der Waals surface area contributed by atoms with E-state index >= 15 is 0 Å². The van der Waals surface area contributed by atoms with Gasteiger partial charge in [0.25, 0.3) is 0 Å². The fourth-order valence-electron chi connectivity index (χ4n) is 1.72. The summed E-state index contributed by atoms with van der Waals surface area (Å²) in [5, 5.41) is 8.76. The Morgan fingerprint density at radius 1 is 1.19 bits per heavy atom. The maximum atomic E-state index is 8.76. The number of nitrogens with two attached hydrogens (primary N) is 1. The molecule has 0 aromatic heterocycles. The van der Waals surface area contributed by atoms with Crippen molar-refractivity contribution in [1.29, 1.82) is 0 Å². The van der Waals surface area contributed by atoms with E-state index in [-0.39, 0.29) is 5.60 Å². The molecule has 1 aromatic rings. The molecule has 0 aliphatic heterocycles. The summed E-state index contributed by atoms with van der Waals surface area (Å²) in [4.78, 5) is 0. The number of rotatable bonds is 7. The fraction of sp³-hybridized carbons (Fsp3) is 0.667. The van der Waals surface area contributed by atoms with Crippen LogP contribution in [0.15, 0.2) is 24.3 Å². The number of hydrogen-bond acceptors (Lipinski definition) is 3. The molecule has 122 valence electrons. The molecule has 0 aliphatic carbocycles. The van der Waals surface area contributed by atoms with Gasteiger partial charge in [-0.1, -0.05) is 31.5 Å². The smallest absolute Gasteiger partial charge is 0.115 e. The first-order valence-corrected chi connectivity index (χ1v) is 7.86. The summed E-state index contributed by atoms with van der Waals surface area (Å²) in [5.41, 5.74) is 6.63. The average molecular weight is 295 g/mol. The summed E-state index contributed by atoms with van der Waals surface area (Å²) in [7, 11) is 0. The SMILES string of the molecule is CC(C)CCOC(C)(C)CCCN.Cc1ccc(O)cc1. The van der Waals surface area contributed by atoms with Crippen LogP contribution in [0.4, 0.5) is 0 Å². The topological polar surface area (TPSA) is 55.5 Å². The number of aryl methyl sites for hydroxylation is 1. The Kier molecular flexibility index (Phi) is 10.1. The minimum atomic E-state index is 0.00819. The summed E-state index contributed by atoms with van der Waals surface area (Å²) in [6, 6.07) is 7.09. The summed E-state index contributed by atoms with van der Waals surface area (Å²) in [6.07, 6.45) is 3.25. The summed E-state index contributed by atoms with van der Waals surface area (Å²) < 4.78 is 5.79. The number of benzene rings is 1. The Bertz CT molecular complexity index is 337. The second-order valence-corrected chi connectivity index (χ2v) is 6.52. The molecule has 1 aromatic carbocycles. The van der Waals surface area contributed by atoms with E-state index < -0.39 is 0 Å². The Hall–Kier alpha value is -1.06. The van der Waals surface area contributed by atoms with E-state index in [1.165, 1.54) is 5.56 Å². The van der Waals surface area contributed by atoms with Crippen molar-refractivity contribution in [2.45, 2.75) is 59.5 Å². The molecule has 0 radical (unpaired) electrons. The Balaban J connectivity index is 0.000000423. The van der Waals surface area contributed by atoms with Crippen LogP contribution in [0, 0.1) is 12.8 Å². The van der Waals surface area contributed by atoms with Gasteiger partial charge < -0.3 is 15.6 Å². The highest BCUT2D eigenvalue weighted by molar-refractivity contribution is 5.24. The van der Waals surface area contributed by atoms with Crippen LogP contribution in [-0.4, -0.2) is 23.9 Å². The highest BCUT2D eigenvalue weighted by Crippen LogP contribution is 2.17. The van der Waals surface area contributed by atoms with Gasteiger partial charge in [-0.15, -0.1) is 0 Å². The van der Waals surface area contributed by atoms with Crippen molar-refractivity contribution in [2.75, 3.05) is 13.2 Å². The van der Waals surface area contributed by atoms with Crippen molar-refractivity contribution in [2.24, 2.45) is 11.7 Å². The molecule has 0 fully saturated rings. The number of aromatic hydroxyl groups is 1. The van der Waals surface area contributed by atoms with E-state index in [4.69, 9.17) is 15.6 Å². The summed E-state index contributed by atoms with van der Waals surface area (Å²) in [5.74, 6) is 1.06. The van der Waals surface area contributed by atoms with Crippen molar-refractivity contribution in [3.05, 3.63) is 29.8 Å². The van der Waals surface area contributed by atoms with Crippen LogP contribution in [0.5, 0.6) is 5.75 Å². The zero-order chi connectivity index (χ0) is 16.3. The van der Waals surface area contributed by atoms with Crippen molar-refractivity contribution in [3.8, 4) is 5.75 Å². The van der Waals surface area contributed by atoms with Crippen molar-refractivity contribution in [1.82, 2.24) is 0 Å². The first-order valence-electron chi connectivity index (χ1n) is 7.86. The van der Waals surface area contributed by atoms with Crippen LogP contribution in [0.3, 0.4) is 0 Å². The van der Waals surface area contributed by atoms with Crippen LogP contribution in [0.2, 0.25) is 0 Å². The molecule has 0 unspecified atom stereocenters. The van der Waals surface area contributed by atoms with Gasteiger partial charge in [0.15, 0.2) is 0 Å². The first-order chi connectivity index (χ1) is 9.76. The lowest BCUT2D eigenvalue weighted by Crippen LogP contribution is -2.26. The highest BCUT2D eigenvalue weighted by atomic mass is 16.5. The van der Waals surface area contributed by atoms with Crippen LogP contribution < -0.4 is 5.73 Å². The fourth-order valence-corrected chi connectivity index (χ4v) is 1.72. The van der Waals surface area contributed by atoms with E-state index in [1.54, 1.807) is 12.1 Å². The molecule has 0 aliphatic rings. The number of hydrogen-bond donors (Lipinski definition) is 2. The maximum absolute atomic E-state index is 8.76.